The Balaban J connectivity index is 1.99. The monoisotopic (exact) mass is 454 g/mol. The van der Waals surface area contributed by atoms with Crippen molar-refractivity contribution in [3.05, 3.63) is 59.5 Å². The van der Waals surface area contributed by atoms with E-state index in [9.17, 15) is 22.8 Å². The number of amides is 2. The summed E-state index contributed by atoms with van der Waals surface area (Å²) in [7, 11) is 1.46. The van der Waals surface area contributed by atoms with Crippen LogP contribution in [0.3, 0.4) is 0 Å². The number of nitrogens with one attached hydrogen (secondary N) is 1. The molecular weight excluding hydrogens is 437 g/mol. The first kappa shape index (κ1) is 22.7. The van der Waals surface area contributed by atoms with Crippen molar-refractivity contribution in [1.82, 2.24) is 20.2 Å². The van der Waals surface area contributed by atoms with Gasteiger partial charge in [0, 0.05) is 18.8 Å². The number of nitrogens with zero attached hydrogens (tertiary/aromatic N) is 3. The van der Waals surface area contributed by atoms with Crippen LogP contribution in [0, 0.1) is 0 Å². The van der Waals surface area contributed by atoms with Crippen LogP contribution in [-0.4, -0.2) is 59.1 Å². The molecule has 1 saturated heterocycles. The summed E-state index contributed by atoms with van der Waals surface area (Å²) in [5, 5.41) is 2.47. The second-order valence-electron chi connectivity index (χ2n) is 6.72. The van der Waals surface area contributed by atoms with Crippen molar-refractivity contribution in [1.29, 1.82) is 0 Å². The first-order chi connectivity index (χ1) is 14.6. The minimum atomic E-state index is -4.66. The van der Waals surface area contributed by atoms with Gasteiger partial charge in [0.25, 0.3) is 5.91 Å². The Bertz CT molecular complexity index is 1020. The van der Waals surface area contributed by atoms with Gasteiger partial charge in [-0.2, -0.15) is 13.2 Å². The van der Waals surface area contributed by atoms with Gasteiger partial charge in [0.1, 0.15) is 17.0 Å². The van der Waals surface area contributed by atoms with Crippen molar-refractivity contribution < 1.29 is 27.5 Å². The lowest BCUT2D eigenvalue weighted by Gasteiger charge is -2.38. The van der Waals surface area contributed by atoms with E-state index in [2.05, 4.69) is 21.9 Å². The van der Waals surface area contributed by atoms with Crippen LogP contribution in [0.5, 0.6) is 0 Å². The summed E-state index contributed by atoms with van der Waals surface area (Å²) < 4.78 is 45.4. The normalized spacial score (nSPS) is 19.1. The summed E-state index contributed by atoms with van der Waals surface area (Å²) in [6, 6.07) is 5.96. The largest absolute Gasteiger partial charge is 0.416 e. The number of halogens is 4. The van der Waals surface area contributed by atoms with Crippen LogP contribution < -0.4 is 5.32 Å². The minimum Gasteiger partial charge on any atom is -0.357 e. The fourth-order valence-electron chi connectivity index (χ4n) is 3.13. The molecule has 164 valence electrons. The Kier molecular flexibility index (Phi) is 6.61. The van der Waals surface area contributed by atoms with Crippen LogP contribution in [0.2, 0.25) is 5.15 Å². The Morgan fingerprint density at radius 2 is 2.06 bits per heavy atom. The van der Waals surface area contributed by atoms with Crippen molar-refractivity contribution in [2.45, 2.75) is 18.4 Å². The van der Waals surface area contributed by atoms with Gasteiger partial charge in [0.2, 0.25) is 5.91 Å². The van der Waals surface area contributed by atoms with E-state index in [1.54, 1.807) is 6.07 Å². The van der Waals surface area contributed by atoms with Gasteiger partial charge in [-0.05, 0) is 35.9 Å². The van der Waals surface area contributed by atoms with Crippen LogP contribution in [0.4, 0.5) is 13.2 Å². The number of morpholine rings is 1. The lowest BCUT2D eigenvalue weighted by molar-refractivity contribution is -0.253. The average molecular weight is 455 g/mol. The van der Waals surface area contributed by atoms with Gasteiger partial charge >= 0.3 is 6.18 Å². The molecule has 1 aliphatic heterocycles. The maximum absolute atomic E-state index is 13.4. The zero-order chi connectivity index (χ0) is 22.8. The molecule has 2 aromatic heterocycles. The third kappa shape index (κ3) is 5.20. The van der Waals surface area contributed by atoms with E-state index in [1.165, 1.54) is 31.4 Å². The molecule has 1 aliphatic rings. The number of rotatable bonds is 4. The second-order valence-corrected chi connectivity index (χ2v) is 7.11. The highest BCUT2D eigenvalue weighted by Gasteiger charge is 2.46. The van der Waals surface area contributed by atoms with E-state index in [1.807, 2.05) is 0 Å². The third-order valence-electron chi connectivity index (χ3n) is 4.66. The predicted molar refractivity (Wildman–Crippen MR) is 106 cm³/mol. The maximum Gasteiger partial charge on any atom is 0.416 e. The average Bonchev–Trinajstić information content (AvgIpc) is 2.76. The highest BCUT2D eigenvalue weighted by molar-refractivity contribution is 6.29. The van der Waals surface area contributed by atoms with Gasteiger partial charge in [0.05, 0.1) is 18.8 Å². The number of alkyl halides is 3. The van der Waals surface area contributed by atoms with E-state index >= 15 is 0 Å². The molecule has 0 unspecified atom stereocenters. The van der Waals surface area contributed by atoms with E-state index in [-0.39, 0.29) is 17.4 Å². The highest BCUT2D eigenvalue weighted by atomic mass is 35.5. The first-order valence-corrected chi connectivity index (χ1v) is 9.49. The molecule has 3 heterocycles. The molecule has 3 rings (SSSR count). The van der Waals surface area contributed by atoms with Gasteiger partial charge < -0.3 is 15.0 Å². The molecule has 2 atom stereocenters. The zero-order valence-electron chi connectivity index (χ0n) is 16.3. The van der Waals surface area contributed by atoms with E-state index in [4.69, 9.17) is 16.3 Å². The zero-order valence-corrected chi connectivity index (χ0v) is 17.1. The second kappa shape index (κ2) is 9.03. The Morgan fingerprint density at radius 3 is 2.71 bits per heavy atom. The summed E-state index contributed by atoms with van der Waals surface area (Å²) in [6.07, 6.45) is -5.55. The van der Waals surface area contributed by atoms with Crippen molar-refractivity contribution in [2.24, 2.45) is 0 Å². The third-order valence-corrected chi connectivity index (χ3v) is 4.85. The molecule has 0 saturated carbocycles. The summed E-state index contributed by atoms with van der Waals surface area (Å²) in [6.45, 7) is 2.59. The number of pyridine rings is 2. The highest BCUT2D eigenvalue weighted by Crippen LogP contribution is 2.35. The Morgan fingerprint density at radius 1 is 1.32 bits per heavy atom. The smallest absolute Gasteiger partial charge is 0.357 e. The van der Waals surface area contributed by atoms with Crippen molar-refractivity contribution >= 4 is 23.4 Å². The number of carbonyl (C=O) groups is 2. The molecule has 0 bridgehead atoms. The van der Waals surface area contributed by atoms with Gasteiger partial charge in [0.15, 0.2) is 6.10 Å². The van der Waals surface area contributed by atoms with Gasteiger partial charge in [-0.3, -0.25) is 14.6 Å². The van der Waals surface area contributed by atoms with Crippen molar-refractivity contribution in [3.8, 4) is 11.3 Å². The molecule has 11 heteroatoms. The minimum absolute atomic E-state index is 0.0186. The molecule has 0 aliphatic carbocycles. The van der Waals surface area contributed by atoms with E-state index in [0.717, 1.165) is 11.0 Å². The molecule has 2 aromatic rings. The van der Waals surface area contributed by atoms with Gasteiger partial charge in [-0.25, -0.2) is 4.98 Å². The molecular formula is C20H18ClF3N4O3. The standard InChI is InChI=1S/C20H18ClF3N4O3/c1-3-18(29)28-9-15(31-16(10-28)20(22,23)24)12-7-13(27-17(21)8-12)11-4-5-26-14(6-11)19(30)25-2/h3-8,15-16H,1,9-10H2,2H3,(H,25,30)/t15-,16-/m1/s1. The lowest BCUT2D eigenvalue weighted by Crippen LogP contribution is -2.51. The summed E-state index contributed by atoms with van der Waals surface area (Å²) >= 11 is 6.12. The number of hydrogen-bond acceptors (Lipinski definition) is 5. The molecule has 0 aromatic carbocycles. The SMILES string of the molecule is C=CC(=O)N1C[C@H](c2cc(Cl)nc(-c3ccnc(C(=O)NC)c3)c2)O[C@@H](C(F)(F)F)C1. The summed E-state index contributed by atoms with van der Waals surface area (Å²) in [5.74, 6) is -1.04. The van der Waals surface area contributed by atoms with Crippen LogP contribution in [0.25, 0.3) is 11.3 Å². The fraction of sp³-hybridized carbons (Fsp3) is 0.300. The number of ether oxygens (including phenoxy) is 1. The van der Waals surface area contributed by atoms with Gasteiger partial charge in [-0.15, -0.1) is 0 Å². The van der Waals surface area contributed by atoms with Crippen LogP contribution in [0.15, 0.2) is 43.1 Å². The van der Waals surface area contributed by atoms with Crippen molar-refractivity contribution in [3.63, 3.8) is 0 Å². The fourth-order valence-corrected chi connectivity index (χ4v) is 3.34. The Hall–Kier alpha value is -2.98. The van der Waals surface area contributed by atoms with Crippen molar-refractivity contribution in [2.75, 3.05) is 20.1 Å². The first-order valence-electron chi connectivity index (χ1n) is 9.12. The van der Waals surface area contributed by atoms with E-state index in [0.29, 0.717) is 16.8 Å². The quantitative estimate of drug-likeness (QED) is 0.566. The Labute approximate surface area is 180 Å². The van der Waals surface area contributed by atoms with Crippen LogP contribution in [-0.2, 0) is 9.53 Å². The van der Waals surface area contributed by atoms with Crippen LogP contribution in [0.1, 0.15) is 22.2 Å². The molecule has 2 amide bonds. The number of hydrogen-bond donors (Lipinski definition) is 1. The molecule has 1 N–H and O–H groups in total. The number of aromatic nitrogens is 2. The summed E-state index contributed by atoms with van der Waals surface area (Å²) in [4.78, 5) is 33.0. The molecule has 7 nitrogen and oxygen atoms in total. The molecule has 0 radical (unpaired) electrons. The topological polar surface area (TPSA) is 84.4 Å². The molecule has 1 fully saturated rings. The summed E-state index contributed by atoms with van der Waals surface area (Å²) in [5.41, 5.74) is 1.25. The predicted octanol–water partition coefficient (Wildman–Crippen LogP) is 3.17. The van der Waals surface area contributed by atoms with Gasteiger partial charge in [-0.1, -0.05) is 18.2 Å². The van der Waals surface area contributed by atoms with E-state index < -0.39 is 36.7 Å². The molecule has 0 spiro atoms. The molecule has 31 heavy (non-hydrogen) atoms. The number of carbonyl (C=O) groups excluding carboxylic acids is 2. The maximum atomic E-state index is 13.4. The lowest BCUT2D eigenvalue weighted by atomic mass is 10.0. The van der Waals surface area contributed by atoms with Crippen LogP contribution >= 0.6 is 11.6 Å².